The van der Waals surface area contributed by atoms with E-state index in [0.717, 1.165) is 19.1 Å². The Labute approximate surface area is 170 Å². The summed E-state index contributed by atoms with van der Waals surface area (Å²) in [5.74, 6) is -0.716. The number of Topliss-reactive ketones (excluding diaryl/α,β-unsaturated/α-hetero) is 1. The van der Waals surface area contributed by atoms with E-state index in [1.54, 1.807) is 4.90 Å². The number of hydrogen-bond acceptors (Lipinski definition) is 5. The zero-order valence-electron chi connectivity index (χ0n) is 15.7. The van der Waals surface area contributed by atoms with E-state index >= 15 is 0 Å². The van der Waals surface area contributed by atoms with Crippen molar-refractivity contribution in [1.82, 2.24) is 10.2 Å². The maximum atomic E-state index is 13.0. The number of likely N-dealkylation sites (tertiary alicyclic amines) is 1. The minimum absolute atomic E-state index is 0.0204. The van der Waals surface area contributed by atoms with Crippen molar-refractivity contribution in [2.75, 3.05) is 13.1 Å². The number of carbonyl (C=O) groups excluding carboxylic acids is 3. The molecule has 1 N–H and O–H groups in total. The first kappa shape index (κ1) is 19.2. The van der Waals surface area contributed by atoms with Crippen LogP contribution in [0.15, 0.2) is 29.8 Å². The van der Waals surface area contributed by atoms with Crippen molar-refractivity contribution in [3.8, 4) is 0 Å². The van der Waals surface area contributed by atoms with Crippen molar-refractivity contribution in [3.63, 3.8) is 0 Å². The zero-order valence-corrected chi connectivity index (χ0v) is 16.5. The number of benzene rings is 1. The first-order valence-electron chi connectivity index (χ1n) is 9.90. The standard InChI is InChI=1S/C22H24N2O3S/c25-13-17-6-3-9-24(17)22(27)21-20(19(28)12-23-21)18(26)8-7-14-10-15-4-1-2-5-16(15)11-14/h1-2,4-5,10,13,17,20-21,23H,3,6-9,11-12H2/t17-,20?,21-/m0/s1. The van der Waals surface area contributed by atoms with Crippen LogP contribution in [-0.2, 0) is 20.8 Å². The largest absolute Gasteiger partial charge is 0.332 e. The number of aldehydes is 1. The molecule has 2 heterocycles. The van der Waals surface area contributed by atoms with E-state index < -0.39 is 12.0 Å². The molecule has 3 aliphatic rings. The summed E-state index contributed by atoms with van der Waals surface area (Å²) in [6.07, 6.45) is 6.46. The monoisotopic (exact) mass is 396 g/mol. The molecule has 4 rings (SSSR count). The minimum Gasteiger partial charge on any atom is -0.332 e. The van der Waals surface area contributed by atoms with Crippen LogP contribution in [0.5, 0.6) is 0 Å². The number of nitrogens with zero attached hydrogens (tertiary/aromatic N) is 1. The molecule has 2 fully saturated rings. The number of thiocarbonyl (C=S) groups is 1. The van der Waals surface area contributed by atoms with Gasteiger partial charge in [0.1, 0.15) is 18.1 Å². The molecule has 5 nitrogen and oxygen atoms in total. The first-order valence-corrected chi connectivity index (χ1v) is 10.3. The highest BCUT2D eigenvalue weighted by Crippen LogP contribution is 2.29. The van der Waals surface area contributed by atoms with Crippen LogP contribution in [0.4, 0.5) is 0 Å². The molecule has 0 bridgehead atoms. The number of carbonyl (C=O) groups is 3. The lowest BCUT2D eigenvalue weighted by molar-refractivity contribution is -0.138. The van der Waals surface area contributed by atoms with Gasteiger partial charge in [0.2, 0.25) is 5.91 Å². The van der Waals surface area contributed by atoms with Crippen molar-refractivity contribution in [2.45, 2.75) is 44.2 Å². The summed E-state index contributed by atoms with van der Waals surface area (Å²) in [6, 6.07) is 7.26. The van der Waals surface area contributed by atoms with E-state index in [4.69, 9.17) is 12.2 Å². The number of ketones is 1. The molecule has 2 aliphatic heterocycles. The topological polar surface area (TPSA) is 66.5 Å². The average Bonchev–Trinajstić information content (AvgIpc) is 3.42. The SMILES string of the molecule is O=C[C@@H]1CCCN1C(=O)[C@H]1NCC(=S)C1C(=O)CCC1=Cc2ccccc2C1. The molecule has 1 amide bonds. The lowest BCUT2D eigenvalue weighted by Gasteiger charge is -2.26. The molecule has 28 heavy (non-hydrogen) atoms. The van der Waals surface area contributed by atoms with Crippen LogP contribution in [0, 0.1) is 5.92 Å². The normalized spacial score (nSPS) is 26.3. The van der Waals surface area contributed by atoms with Gasteiger partial charge in [-0.2, -0.15) is 0 Å². The Morgan fingerprint density at radius 2 is 2.11 bits per heavy atom. The summed E-state index contributed by atoms with van der Waals surface area (Å²) in [4.78, 5) is 39.4. The van der Waals surface area contributed by atoms with E-state index in [1.807, 2.05) is 12.1 Å². The van der Waals surface area contributed by atoms with Crippen molar-refractivity contribution < 1.29 is 14.4 Å². The van der Waals surface area contributed by atoms with Crippen LogP contribution in [0.2, 0.25) is 0 Å². The van der Waals surface area contributed by atoms with Crippen LogP contribution in [0.1, 0.15) is 36.8 Å². The third-order valence-corrected chi connectivity index (χ3v) is 6.45. The van der Waals surface area contributed by atoms with E-state index in [-0.39, 0.29) is 17.7 Å². The van der Waals surface area contributed by atoms with Crippen LogP contribution < -0.4 is 5.32 Å². The van der Waals surface area contributed by atoms with Crippen LogP contribution in [-0.4, -0.2) is 52.9 Å². The number of fused-ring (bicyclic) bond motifs is 1. The average molecular weight is 397 g/mol. The molecule has 1 unspecified atom stereocenters. The number of rotatable bonds is 6. The van der Waals surface area contributed by atoms with Gasteiger partial charge in [0.25, 0.3) is 0 Å². The zero-order chi connectivity index (χ0) is 19.7. The molecule has 0 aromatic heterocycles. The minimum atomic E-state index is -0.629. The molecule has 3 atom stereocenters. The molecule has 6 heteroatoms. The molecule has 1 aromatic carbocycles. The summed E-state index contributed by atoms with van der Waals surface area (Å²) in [5.41, 5.74) is 3.77. The molecule has 1 aliphatic carbocycles. The van der Waals surface area contributed by atoms with Crippen molar-refractivity contribution >= 4 is 41.1 Å². The number of hydrogen-bond donors (Lipinski definition) is 1. The van der Waals surface area contributed by atoms with Crippen LogP contribution >= 0.6 is 12.2 Å². The fourth-order valence-corrected chi connectivity index (χ4v) is 4.91. The van der Waals surface area contributed by atoms with Gasteiger partial charge in [0.15, 0.2) is 0 Å². The lowest BCUT2D eigenvalue weighted by atomic mass is 9.90. The van der Waals surface area contributed by atoms with Gasteiger partial charge in [0, 0.05) is 24.4 Å². The fourth-order valence-electron chi connectivity index (χ4n) is 4.56. The summed E-state index contributed by atoms with van der Waals surface area (Å²) in [6.45, 7) is 0.967. The summed E-state index contributed by atoms with van der Waals surface area (Å²) >= 11 is 5.41. The molecule has 146 valence electrons. The highest BCUT2D eigenvalue weighted by atomic mass is 32.1. The second-order valence-electron chi connectivity index (χ2n) is 7.82. The second kappa shape index (κ2) is 8.05. The van der Waals surface area contributed by atoms with Crippen molar-refractivity contribution in [1.29, 1.82) is 0 Å². The van der Waals surface area contributed by atoms with Crippen LogP contribution in [0.25, 0.3) is 6.08 Å². The maximum absolute atomic E-state index is 13.0. The first-order chi connectivity index (χ1) is 13.6. The highest BCUT2D eigenvalue weighted by Gasteiger charge is 2.44. The summed E-state index contributed by atoms with van der Waals surface area (Å²) in [5, 5.41) is 3.12. The molecule has 0 saturated carbocycles. The Morgan fingerprint density at radius 3 is 2.89 bits per heavy atom. The van der Waals surface area contributed by atoms with Gasteiger partial charge in [-0.3, -0.25) is 9.59 Å². The molecule has 0 spiro atoms. The Bertz CT molecular complexity index is 863. The van der Waals surface area contributed by atoms with Gasteiger partial charge in [-0.15, -0.1) is 0 Å². The summed E-state index contributed by atoms with van der Waals surface area (Å²) < 4.78 is 0. The van der Waals surface area contributed by atoms with E-state index in [9.17, 15) is 14.4 Å². The Hall–Kier alpha value is -2.18. The van der Waals surface area contributed by atoms with E-state index in [1.165, 1.54) is 16.7 Å². The van der Waals surface area contributed by atoms with Gasteiger partial charge >= 0.3 is 0 Å². The quantitative estimate of drug-likeness (QED) is 0.589. The van der Waals surface area contributed by atoms with Crippen molar-refractivity contribution in [2.24, 2.45) is 5.92 Å². The van der Waals surface area contributed by atoms with E-state index in [2.05, 4.69) is 23.5 Å². The predicted molar refractivity (Wildman–Crippen MR) is 111 cm³/mol. The predicted octanol–water partition coefficient (Wildman–Crippen LogP) is 2.12. The number of nitrogens with one attached hydrogen (secondary N) is 1. The number of amides is 1. The lowest BCUT2D eigenvalue weighted by Crippen LogP contribution is -2.50. The van der Waals surface area contributed by atoms with Gasteiger partial charge in [-0.1, -0.05) is 48.1 Å². The molecule has 0 radical (unpaired) electrons. The third-order valence-electron chi connectivity index (χ3n) is 6.05. The van der Waals surface area contributed by atoms with Gasteiger partial charge in [0.05, 0.1) is 12.0 Å². The molecule has 2 saturated heterocycles. The Kier molecular flexibility index (Phi) is 5.51. The van der Waals surface area contributed by atoms with Gasteiger partial charge in [-0.25, -0.2) is 0 Å². The van der Waals surface area contributed by atoms with Crippen LogP contribution in [0.3, 0.4) is 0 Å². The van der Waals surface area contributed by atoms with Gasteiger partial charge in [-0.05, 0) is 36.8 Å². The number of allylic oxidation sites excluding steroid dienone is 1. The Balaban J connectivity index is 1.40. The smallest absolute Gasteiger partial charge is 0.241 e. The van der Waals surface area contributed by atoms with E-state index in [0.29, 0.717) is 37.2 Å². The Morgan fingerprint density at radius 1 is 1.29 bits per heavy atom. The molecular weight excluding hydrogens is 372 g/mol. The second-order valence-corrected chi connectivity index (χ2v) is 8.35. The molecule has 1 aromatic rings. The highest BCUT2D eigenvalue weighted by molar-refractivity contribution is 7.80. The fraction of sp³-hybridized carbons (Fsp3) is 0.455. The summed E-state index contributed by atoms with van der Waals surface area (Å²) in [7, 11) is 0. The van der Waals surface area contributed by atoms with Gasteiger partial charge < -0.3 is 15.0 Å². The van der Waals surface area contributed by atoms with Crippen molar-refractivity contribution in [3.05, 3.63) is 41.0 Å². The molecular formula is C22H24N2O3S. The third kappa shape index (κ3) is 3.59. The maximum Gasteiger partial charge on any atom is 0.241 e.